The van der Waals surface area contributed by atoms with E-state index in [1.165, 1.54) is 51.4 Å². The van der Waals surface area contributed by atoms with Gasteiger partial charge in [0, 0.05) is 30.3 Å². The van der Waals surface area contributed by atoms with Gasteiger partial charge in [-0.3, -0.25) is 0 Å². The molecule has 4 rings (SSSR count). The van der Waals surface area contributed by atoms with Crippen LogP contribution in [0.4, 0.5) is 5.69 Å². The van der Waals surface area contributed by atoms with Crippen LogP contribution in [0.3, 0.4) is 0 Å². The summed E-state index contributed by atoms with van der Waals surface area (Å²) in [6.45, 7) is 1.01. The van der Waals surface area contributed by atoms with Crippen LogP contribution in [0.5, 0.6) is 0 Å². The lowest BCUT2D eigenvalue weighted by molar-refractivity contribution is 0.415. The van der Waals surface area contributed by atoms with Crippen LogP contribution in [0.1, 0.15) is 57.2 Å². The van der Waals surface area contributed by atoms with Gasteiger partial charge in [0.15, 0.2) is 10.9 Å². The normalized spacial score (nSPS) is 18.0. The Balaban J connectivity index is 1.47. The van der Waals surface area contributed by atoms with E-state index in [2.05, 4.69) is 49.7 Å². The predicted octanol–water partition coefficient (Wildman–Crippen LogP) is 4.29. The van der Waals surface area contributed by atoms with Crippen molar-refractivity contribution in [3.8, 4) is 11.4 Å². The molecule has 0 atom stereocenters. The molecule has 1 fully saturated rings. The standard InChI is InChI=1S/C20H27N5S/c26-20(21-16-9-3-1-4-10-16)22-17-11-7-8-15(14-17)19-24-23-18-12-5-2-6-13-25(18)19/h7-8,11,14,16H,1-6,9-10,12-13H2,(H2,21,22,26). The fraction of sp³-hybridized carbons (Fsp3) is 0.550. The number of thiocarbonyl (C=S) groups is 1. The van der Waals surface area contributed by atoms with Gasteiger partial charge in [0.1, 0.15) is 5.82 Å². The molecule has 0 spiro atoms. The van der Waals surface area contributed by atoms with Crippen molar-refractivity contribution in [3.05, 3.63) is 30.1 Å². The number of rotatable bonds is 3. The van der Waals surface area contributed by atoms with Gasteiger partial charge in [0.2, 0.25) is 0 Å². The summed E-state index contributed by atoms with van der Waals surface area (Å²) in [5, 5.41) is 16.4. The van der Waals surface area contributed by atoms with Gasteiger partial charge in [-0.2, -0.15) is 0 Å². The number of nitrogens with one attached hydrogen (secondary N) is 2. The molecule has 0 unspecified atom stereocenters. The first kappa shape index (κ1) is 17.5. The van der Waals surface area contributed by atoms with Gasteiger partial charge < -0.3 is 15.2 Å². The molecule has 138 valence electrons. The Morgan fingerprint density at radius 2 is 1.88 bits per heavy atom. The van der Waals surface area contributed by atoms with Crippen LogP contribution in [-0.4, -0.2) is 25.9 Å². The minimum atomic E-state index is 0.513. The summed E-state index contributed by atoms with van der Waals surface area (Å²) in [5.41, 5.74) is 2.10. The zero-order valence-electron chi connectivity index (χ0n) is 15.2. The molecule has 1 aliphatic heterocycles. The molecule has 0 saturated heterocycles. The molecule has 0 amide bonds. The molecular formula is C20H27N5S. The van der Waals surface area contributed by atoms with Gasteiger partial charge in [-0.05, 0) is 50.0 Å². The Hall–Kier alpha value is -1.95. The molecule has 1 aromatic carbocycles. The first-order valence-corrected chi connectivity index (χ1v) is 10.3. The minimum absolute atomic E-state index is 0.513. The second-order valence-corrected chi connectivity index (χ2v) is 7.82. The average Bonchev–Trinajstić information content (AvgIpc) is 2.91. The summed E-state index contributed by atoms with van der Waals surface area (Å²) in [4.78, 5) is 0. The van der Waals surface area contributed by atoms with E-state index in [4.69, 9.17) is 12.2 Å². The molecular weight excluding hydrogens is 342 g/mol. The van der Waals surface area contributed by atoms with E-state index in [0.29, 0.717) is 11.2 Å². The Kier molecular flexibility index (Phi) is 5.48. The molecule has 1 saturated carbocycles. The molecule has 0 bridgehead atoms. The topological polar surface area (TPSA) is 54.8 Å². The molecule has 6 heteroatoms. The fourth-order valence-corrected chi connectivity index (χ4v) is 4.32. The number of nitrogens with zero attached hydrogens (tertiary/aromatic N) is 3. The Morgan fingerprint density at radius 3 is 2.77 bits per heavy atom. The van der Waals surface area contributed by atoms with Crippen molar-refractivity contribution in [1.29, 1.82) is 0 Å². The van der Waals surface area contributed by atoms with E-state index in [-0.39, 0.29) is 0 Å². The monoisotopic (exact) mass is 369 g/mol. The summed E-state index contributed by atoms with van der Waals surface area (Å²) in [5.74, 6) is 2.09. The molecule has 1 aromatic heterocycles. The van der Waals surface area contributed by atoms with E-state index in [1.807, 2.05) is 0 Å². The third-order valence-corrected chi connectivity index (χ3v) is 5.65. The SMILES string of the molecule is S=C(Nc1cccc(-c2nnc3n2CCCCC3)c1)NC1CCCCC1. The Morgan fingerprint density at radius 1 is 1.04 bits per heavy atom. The fourth-order valence-electron chi connectivity index (χ4n) is 4.03. The van der Waals surface area contributed by atoms with E-state index < -0.39 is 0 Å². The van der Waals surface area contributed by atoms with Crippen molar-refractivity contribution in [3.63, 3.8) is 0 Å². The molecule has 1 aliphatic carbocycles. The van der Waals surface area contributed by atoms with Gasteiger partial charge in [0.25, 0.3) is 0 Å². The zero-order chi connectivity index (χ0) is 17.8. The quantitative estimate of drug-likeness (QED) is 0.791. The number of anilines is 1. The molecule has 2 heterocycles. The van der Waals surface area contributed by atoms with Crippen LogP contribution in [0.15, 0.2) is 24.3 Å². The highest BCUT2D eigenvalue weighted by atomic mass is 32.1. The molecule has 2 aromatic rings. The van der Waals surface area contributed by atoms with E-state index in [9.17, 15) is 0 Å². The van der Waals surface area contributed by atoms with Crippen molar-refractivity contribution in [1.82, 2.24) is 20.1 Å². The predicted molar refractivity (Wildman–Crippen MR) is 109 cm³/mol. The molecule has 5 nitrogen and oxygen atoms in total. The van der Waals surface area contributed by atoms with Gasteiger partial charge in [-0.25, -0.2) is 0 Å². The van der Waals surface area contributed by atoms with Crippen LogP contribution in [0.25, 0.3) is 11.4 Å². The third-order valence-electron chi connectivity index (χ3n) is 5.43. The van der Waals surface area contributed by atoms with E-state index in [1.54, 1.807) is 0 Å². The summed E-state index contributed by atoms with van der Waals surface area (Å²) in [7, 11) is 0. The zero-order valence-corrected chi connectivity index (χ0v) is 16.0. The number of hydrogen-bond donors (Lipinski definition) is 2. The average molecular weight is 370 g/mol. The third kappa shape index (κ3) is 4.06. The van der Waals surface area contributed by atoms with Gasteiger partial charge in [0.05, 0.1) is 0 Å². The van der Waals surface area contributed by atoms with Crippen molar-refractivity contribution in [2.75, 3.05) is 5.32 Å². The highest BCUT2D eigenvalue weighted by Gasteiger charge is 2.17. The Bertz CT molecular complexity index is 763. The second kappa shape index (κ2) is 8.16. The smallest absolute Gasteiger partial charge is 0.170 e. The molecule has 0 radical (unpaired) electrons. The van der Waals surface area contributed by atoms with Crippen LogP contribution in [0.2, 0.25) is 0 Å². The van der Waals surface area contributed by atoms with Crippen LogP contribution < -0.4 is 10.6 Å². The van der Waals surface area contributed by atoms with Gasteiger partial charge >= 0.3 is 0 Å². The lowest BCUT2D eigenvalue weighted by Crippen LogP contribution is -2.38. The summed E-state index contributed by atoms with van der Waals surface area (Å²) in [6.07, 6.45) is 11.1. The van der Waals surface area contributed by atoms with Crippen LogP contribution in [-0.2, 0) is 13.0 Å². The number of benzene rings is 1. The van der Waals surface area contributed by atoms with E-state index in [0.717, 1.165) is 35.9 Å². The first-order valence-electron chi connectivity index (χ1n) is 9.89. The first-order chi connectivity index (χ1) is 12.8. The van der Waals surface area contributed by atoms with Gasteiger partial charge in [-0.1, -0.05) is 37.8 Å². The van der Waals surface area contributed by atoms with E-state index >= 15 is 0 Å². The maximum absolute atomic E-state index is 5.52. The number of fused-ring (bicyclic) bond motifs is 1. The van der Waals surface area contributed by atoms with Crippen LogP contribution in [0, 0.1) is 0 Å². The number of aryl methyl sites for hydroxylation is 1. The maximum atomic E-state index is 5.52. The Labute approximate surface area is 160 Å². The highest BCUT2D eigenvalue weighted by molar-refractivity contribution is 7.80. The summed E-state index contributed by atoms with van der Waals surface area (Å²) in [6, 6.07) is 8.85. The van der Waals surface area contributed by atoms with Crippen molar-refractivity contribution in [2.45, 2.75) is 70.4 Å². The largest absolute Gasteiger partial charge is 0.360 e. The lowest BCUT2D eigenvalue weighted by Gasteiger charge is -2.24. The minimum Gasteiger partial charge on any atom is -0.360 e. The summed E-state index contributed by atoms with van der Waals surface area (Å²) < 4.78 is 2.28. The van der Waals surface area contributed by atoms with Crippen molar-refractivity contribution < 1.29 is 0 Å². The molecule has 26 heavy (non-hydrogen) atoms. The maximum Gasteiger partial charge on any atom is 0.170 e. The molecule has 2 aliphatic rings. The van der Waals surface area contributed by atoms with Crippen molar-refractivity contribution in [2.24, 2.45) is 0 Å². The lowest BCUT2D eigenvalue weighted by atomic mass is 9.96. The van der Waals surface area contributed by atoms with Crippen LogP contribution >= 0.6 is 12.2 Å². The van der Waals surface area contributed by atoms with Crippen molar-refractivity contribution >= 4 is 23.0 Å². The number of hydrogen-bond acceptors (Lipinski definition) is 3. The summed E-state index contributed by atoms with van der Waals surface area (Å²) >= 11 is 5.52. The number of aromatic nitrogens is 3. The highest BCUT2D eigenvalue weighted by Crippen LogP contribution is 2.25. The van der Waals surface area contributed by atoms with Gasteiger partial charge in [-0.15, -0.1) is 10.2 Å². The molecule has 2 N–H and O–H groups in total. The second-order valence-electron chi connectivity index (χ2n) is 7.42.